The molecule has 68 heavy (non-hydrogen) atoms. The minimum absolute atomic E-state index is 0.199. The van der Waals surface area contributed by atoms with Crippen molar-refractivity contribution >= 4 is 5.91 Å². The SMILES string of the molecule is CC/C=C\C/C=C\C/C=C\C/C=C\C/C=C\C/C=C\C/C=C\CCCCCCCCCCCC(=O)NC(COC1OC(CO)C(O)C(O)C1O)C(O)/C=C/CC/C=C/CCCCCCCCCC. The summed E-state index contributed by atoms with van der Waals surface area (Å²) >= 11 is 0. The molecule has 0 aromatic rings. The van der Waals surface area contributed by atoms with Crippen LogP contribution >= 0.6 is 0 Å². The number of aliphatic hydroxyl groups excluding tert-OH is 5. The first kappa shape index (κ1) is 62.9. The Morgan fingerprint density at radius 2 is 0.926 bits per heavy atom. The van der Waals surface area contributed by atoms with Gasteiger partial charge in [0.15, 0.2) is 6.29 Å². The maximum absolute atomic E-state index is 13.0. The Bertz CT molecular complexity index is 1430. The summed E-state index contributed by atoms with van der Waals surface area (Å²) < 4.78 is 11.2. The number of carbonyl (C=O) groups excluding carboxylic acids is 1. The monoisotopic (exact) mass is 950 g/mol. The first-order valence-electron chi connectivity index (χ1n) is 27.1. The molecular formula is C59H99NO8. The molecule has 7 atom stereocenters. The zero-order valence-corrected chi connectivity index (χ0v) is 42.8. The van der Waals surface area contributed by atoms with Crippen LogP contribution in [0.15, 0.2) is 109 Å². The van der Waals surface area contributed by atoms with E-state index in [-0.39, 0.29) is 12.5 Å². The van der Waals surface area contributed by atoms with E-state index in [1.807, 2.05) is 6.08 Å². The summed E-state index contributed by atoms with van der Waals surface area (Å²) in [6.07, 6.45) is 62.9. The number of amides is 1. The van der Waals surface area contributed by atoms with Crippen molar-refractivity contribution in [2.75, 3.05) is 13.2 Å². The second kappa shape index (κ2) is 47.5. The third-order valence-corrected chi connectivity index (χ3v) is 12.1. The van der Waals surface area contributed by atoms with Crippen molar-refractivity contribution in [2.45, 2.75) is 243 Å². The highest BCUT2D eigenvalue weighted by Crippen LogP contribution is 2.22. The molecule has 7 unspecified atom stereocenters. The van der Waals surface area contributed by atoms with Crippen molar-refractivity contribution in [3.8, 4) is 0 Å². The summed E-state index contributed by atoms with van der Waals surface area (Å²) in [4.78, 5) is 13.0. The molecule has 6 N–H and O–H groups in total. The Hall–Kier alpha value is -3.15. The van der Waals surface area contributed by atoms with Gasteiger partial charge in [0.2, 0.25) is 5.91 Å². The average Bonchev–Trinajstić information content (AvgIpc) is 3.34. The van der Waals surface area contributed by atoms with Crippen LogP contribution < -0.4 is 5.32 Å². The van der Waals surface area contributed by atoms with Crippen molar-refractivity contribution in [2.24, 2.45) is 0 Å². The molecule has 9 heteroatoms. The number of rotatable bonds is 44. The quantitative estimate of drug-likeness (QED) is 0.0261. The molecule has 1 aliphatic rings. The van der Waals surface area contributed by atoms with Gasteiger partial charge in [-0.3, -0.25) is 4.79 Å². The van der Waals surface area contributed by atoms with E-state index in [2.05, 4.69) is 116 Å². The Morgan fingerprint density at radius 3 is 1.41 bits per heavy atom. The van der Waals surface area contributed by atoms with E-state index in [1.165, 1.54) is 83.5 Å². The average molecular weight is 950 g/mol. The summed E-state index contributed by atoms with van der Waals surface area (Å²) in [5.74, 6) is -0.199. The van der Waals surface area contributed by atoms with Crippen molar-refractivity contribution in [1.82, 2.24) is 5.32 Å². The molecule has 1 aliphatic heterocycles. The van der Waals surface area contributed by atoms with Gasteiger partial charge in [-0.15, -0.1) is 0 Å². The maximum atomic E-state index is 13.0. The second-order valence-electron chi connectivity index (χ2n) is 18.3. The largest absolute Gasteiger partial charge is 0.394 e. The zero-order valence-electron chi connectivity index (χ0n) is 42.8. The highest BCUT2D eigenvalue weighted by Gasteiger charge is 2.44. The topological polar surface area (TPSA) is 149 Å². The number of allylic oxidation sites excluding steroid dienone is 17. The number of nitrogens with one attached hydrogen (secondary N) is 1. The molecule has 0 aliphatic carbocycles. The van der Waals surface area contributed by atoms with Crippen LogP contribution in [-0.2, 0) is 14.3 Å². The summed E-state index contributed by atoms with van der Waals surface area (Å²) in [5.41, 5.74) is 0. The van der Waals surface area contributed by atoms with Crippen LogP contribution in [0.1, 0.15) is 200 Å². The van der Waals surface area contributed by atoms with Gasteiger partial charge in [0.05, 0.1) is 25.4 Å². The van der Waals surface area contributed by atoms with Gasteiger partial charge < -0.3 is 40.3 Å². The highest BCUT2D eigenvalue weighted by atomic mass is 16.7. The van der Waals surface area contributed by atoms with Gasteiger partial charge in [0.25, 0.3) is 0 Å². The van der Waals surface area contributed by atoms with Gasteiger partial charge in [-0.2, -0.15) is 0 Å². The van der Waals surface area contributed by atoms with Crippen LogP contribution in [-0.4, -0.2) is 87.5 Å². The molecular weight excluding hydrogens is 851 g/mol. The highest BCUT2D eigenvalue weighted by molar-refractivity contribution is 5.76. The van der Waals surface area contributed by atoms with E-state index >= 15 is 0 Å². The van der Waals surface area contributed by atoms with Gasteiger partial charge in [0, 0.05) is 6.42 Å². The summed E-state index contributed by atoms with van der Waals surface area (Å²) in [7, 11) is 0. The molecule has 388 valence electrons. The molecule has 0 spiro atoms. The van der Waals surface area contributed by atoms with Gasteiger partial charge in [-0.05, 0) is 89.9 Å². The summed E-state index contributed by atoms with van der Waals surface area (Å²) in [6.45, 7) is 3.62. The normalized spacial score (nSPS) is 20.5. The lowest BCUT2D eigenvalue weighted by atomic mass is 9.99. The number of unbranched alkanes of at least 4 members (excludes halogenated alkanes) is 18. The van der Waals surface area contributed by atoms with Gasteiger partial charge in [-0.1, -0.05) is 213 Å². The van der Waals surface area contributed by atoms with Crippen molar-refractivity contribution in [1.29, 1.82) is 0 Å². The maximum Gasteiger partial charge on any atom is 0.220 e. The number of hydrogen-bond donors (Lipinski definition) is 6. The zero-order chi connectivity index (χ0) is 49.4. The summed E-state index contributed by atoms with van der Waals surface area (Å²) in [5, 5.41) is 54.3. The van der Waals surface area contributed by atoms with Crippen molar-refractivity contribution in [3.05, 3.63) is 109 Å². The van der Waals surface area contributed by atoms with E-state index in [0.717, 1.165) is 96.3 Å². The van der Waals surface area contributed by atoms with E-state index in [4.69, 9.17) is 9.47 Å². The first-order valence-corrected chi connectivity index (χ1v) is 27.1. The van der Waals surface area contributed by atoms with Crippen LogP contribution in [0.3, 0.4) is 0 Å². The fraction of sp³-hybridized carbons (Fsp3) is 0.678. The molecule has 0 bridgehead atoms. The van der Waals surface area contributed by atoms with Crippen LogP contribution in [0.4, 0.5) is 0 Å². The number of carbonyl (C=O) groups is 1. The van der Waals surface area contributed by atoms with Crippen LogP contribution in [0.5, 0.6) is 0 Å². The van der Waals surface area contributed by atoms with E-state index in [9.17, 15) is 30.3 Å². The predicted octanol–water partition coefficient (Wildman–Crippen LogP) is 13.0. The Kier molecular flexibility index (Phi) is 43.9. The predicted molar refractivity (Wildman–Crippen MR) is 285 cm³/mol. The van der Waals surface area contributed by atoms with Crippen LogP contribution in [0.2, 0.25) is 0 Å². The number of ether oxygens (including phenoxy) is 2. The second-order valence-corrected chi connectivity index (χ2v) is 18.3. The fourth-order valence-electron chi connectivity index (χ4n) is 7.80. The molecule has 1 amide bonds. The Labute approximate surface area is 415 Å². The van der Waals surface area contributed by atoms with Gasteiger partial charge in [0.1, 0.15) is 24.4 Å². The van der Waals surface area contributed by atoms with Crippen LogP contribution in [0.25, 0.3) is 0 Å². The van der Waals surface area contributed by atoms with Crippen molar-refractivity contribution in [3.63, 3.8) is 0 Å². The molecule has 1 fully saturated rings. The molecule has 9 nitrogen and oxygen atoms in total. The van der Waals surface area contributed by atoms with E-state index in [0.29, 0.717) is 6.42 Å². The molecule has 1 heterocycles. The molecule has 1 rings (SSSR count). The number of hydrogen-bond acceptors (Lipinski definition) is 8. The Balaban J connectivity index is 2.24. The first-order chi connectivity index (χ1) is 33.3. The van der Waals surface area contributed by atoms with E-state index in [1.54, 1.807) is 6.08 Å². The van der Waals surface area contributed by atoms with E-state index < -0.39 is 49.5 Å². The molecule has 0 radical (unpaired) electrons. The summed E-state index contributed by atoms with van der Waals surface area (Å²) in [6, 6.07) is -0.832. The molecule has 0 saturated carbocycles. The minimum Gasteiger partial charge on any atom is -0.394 e. The van der Waals surface area contributed by atoms with Crippen LogP contribution in [0, 0.1) is 0 Å². The fourth-order valence-corrected chi connectivity index (χ4v) is 7.80. The lowest BCUT2D eigenvalue weighted by molar-refractivity contribution is -0.302. The third kappa shape index (κ3) is 36.8. The minimum atomic E-state index is -1.58. The molecule has 0 aromatic heterocycles. The van der Waals surface area contributed by atoms with Gasteiger partial charge >= 0.3 is 0 Å². The molecule has 0 aromatic carbocycles. The lowest BCUT2D eigenvalue weighted by Crippen LogP contribution is -2.60. The standard InChI is InChI=1S/C59H99NO8/c1-3-5-7-9-11-13-15-17-19-20-21-22-23-24-25-26-27-28-29-30-31-32-33-34-35-37-39-41-43-45-47-49-55(63)60-52(51-67-59-58(66)57(65)56(64)54(50-61)68-59)53(62)48-46-44-42-40-38-36-18-16-14-12-10-8-6-4-2/h5,7,11,13,17,19,21-22,24-25,27-28,30-31,38,40,46,48,52-54,56-59,61-62,64-66H,3-4,6,8-10,12,14-16,18,20,23,26,29,32-37,39,41-45,47,49-51H2,1-2H3,(H,60,63)/b7-5-,13-11-,19-17-,22-21-,25-24-,28-27-,31-30-,40-38+,48-46+. The Morgan fingerprint density at radius 1 is 0.515 bits per heavy atom. The third-order valence-electron chi connectivity index (χ3n) is 12.1. The number of aliphatic hydroxyl groups is 5. The lowest BCUT2D eigenvalue weighted by Gasteiger charge is -2.40. The van der Waals surface area contributed by atoms with Gasteiger partial charge in [-0.25, -0.2) is 0 Å². The van der Waals surface area contributed by atoms with Crippen molar-refractivity contribution < 1.29 is 39.8 Å². The molecule has 1 saturated heterocycles. The smallest absolute Gasteiger partial charge is 0.220 e.